The van der Waals surface area contributed by atoms with Crippen molar-refractivity contribution in [2.75, 3.05) is 32.4 Å². The first-order chi connectivity index (χ1) is 10.0. The number of fused-ring (bicyclic) bond motifs is 1. The quantitative estimate of drug-likeness (QED) is 0.913. The predicted octanol–water partition coefficient (Wildman–Crippen LogP) is 2.82. The van der Waals surface area contributed by atoms with Gasteiger partial charge < -0.3 is 16.0 Å². The van der Waals surface area contributed by atoms with Gasteiger partial charge in [-0.05, 0) is 44.1 Å². The van der Waals surface area contributed by atoms with Gasteiger partial charge in [0.05, 0.1) is 5.69 Å². The second-order valence-corrected chi connectivity index (χ2v) is 7.10. The molecule has 1 aliphatic rings. The van der Waals surface area contributed by atoms with Gasteiger partial charge in [0.15, 0.2) is 0 Å². The Morgan fingerprint density at radius 1 is 1.57 bits per heavy atom. The first-order valence-electron chi connectivity index (χ1n) is 6.99. The van der Waals surface area contributed by atoms with Crippen LogP contribution >= 0.6 is 22.9 Å². The molecule has 21 heavy (non-hydrogen) atoms. The highest BCUT2D eigenvalue weighted by Crippen LogP contribution is 2.35. The third kappa shape index (κ3) is 3.00. The molecule has 0 radical (unpaired) electrons. The van der Waals surface area contributed by atoms with Gasteiger partial charge in [-0.15, -0.1) is 11.3 Å². The van der Waals surface area contributed by atoms with E-state index in [0.717, 1.165) is 29.6 Å². The van der Waals surface area contributed by atoms with Crippen LogP contribution in [0.4, 0.5) is 5.69 Å². The van der Waals surface area contributed by atoms with E-state index >= 15 is 0 Å². The van der Waals surface area contributed by atoms with Gasteiger partial charge in [-0.25, -0.2) is 0 Å². The molecule has 2 aromatic rings. The molecule has 1 saturated heterocycles. The molecule has 0 aliphatic carbocycles. The van der Waals surface area contributed by atoms with Crippen molar-refractivity contribution in [3.63, 3.8) is 0 Å². The van der Waals surface area contributed by atoms with Crippen molar-refractivity contribution in [2.24, 2.45) is 5.92 Å². The minimum atomic E-state index is -0.0839. The number of carbonyl (C=O) groups excluding carboxylic acids is 1. The van der Waals surface area contributed by atoms with E-state index in [1.54, 1.807) is 6.07 Å². The minimum absolute atomic E-state index is 0.0839. The number of thiophene rings is 1. The number of nitrogens with two attached hydrogens (primary N) is 1. The number of amides is 1. The summed E-state index contributed by atoms with van der Waals surface area (Å²) < 4.78 is 0.950. The molecule has 4 nitrogen and oxygen atoms in total. The Balaban J connectivity index is 1.74. The van der Waals surface area contributed by atoms with Gasteiger partial charge >= 0.3 is 0 Å². The Hall–Kier alpha value is -1.30. The lowest BCUT2D eigenvalue weighted by molar-refractivity contribution is 0.0952. The second-order valence-electron chi connectivity index (χ2n) is 5.61. The van der Waals surface area contributed by atoms with Crippen LogP contribution in [0.15, 0.2) is 18.2 Å². The van der Waals surface area contributed by atoms with Crippen molar-refractivity contribution < 1.29 is 4.79 Å². The van der Waals surface area contributed by atoms with Crippen molar-refractivity contribution >= 4 is 44.6 Å². The minimum Gasteiger partial charge on any atom is -0.397 e. The topological polar surface area (TPSA) is 58.4 Å². The van der Waals surface area contributed by atoms with E-state index in [1.807, 2.05) is 12.1 Å². The lowest BCUT2D eigenvalue weighted by Crippen LogP contribution is -2.30. The molecule has 1 amide bonds. The molecule has 112 valence electrons. The monoisotopic (exact) mass is 323 g/mol. The smallest absolute Gasteiger partial charge is 0.263 e. The highest BCUT2D eigenvalue weighted by Gasteiger charge is 2.21. The molecule has 1 atom stereocenters. The summed E-state index contributed by atoms with van der Waals surface area (Å²) in [5.74, 6) is 0.448. The molecule has 1 unspecified atom stereocenters. The zero-order valence-electron chi connectivity index (χ0n) is 11.9. The molecule has 1 fully saturated rings. The number of benzene rings is 1. The first kappa shape index (κ1) is 14.6. The molecule has 3 rings (SSSR count). The lowest BCUT2D eigenvalue weighted by Gasteiger charge is -2.11. The van der Waals surface area contributed by atoms with E-state index < -0.39 is 0 Å². The average molecular weight is 324 g/mol. The van der Waals surface area contributed by atoms with Gasteiger partial charge in [0.2, 0.25) is 0 Å². The number of likely N-dealkylation sites (tertiary alicyclic amines) is 1. The summed E-state index contributed by atoms with van der Waals surface area (Å²) in [5, 5.41) is 4.57. The fourth-order valence-electron chi connectivity index (χ4n) is 2.77. The van der Waals surface area contributed by atoms with Gasteiger partial charge in [0.25, 0.3) is 5.91 Å². The van der Waals surface area contributed by atoms with Crippen LogP contribution in [0.1, 0.15) is 16.1 Å². The number of nitrogens with zero attached hydrogens (tertiary/aromatic N) is 1. The first-order valence-corrected chi connectivity index (χ1v) is 8.18. The van der Waals surface area contributed by atoms with E-state index in [0.29, 0.717) is 28.0 Å². The van der Waals surface area contributed by atoms with Crippen LogP contribution in [-0.2, 0) is 0 Å². The number of halogens is 1. The van der Waals surface area contributed by atoms with Crippen LogP contribution < -0.4 is 11.1 Å². The number of rotatable bonds is 3. The molecule has 0 bridgehead atoms. The summed E-state index contributed by atoms with van der Waals surface area (Å²) in [6.07, 6.45) is 1.13. The van der Waals surface area contributed by atoms with E-state index in [1.165, 1.54) is 11.3 Å². The summed E-state index contributed by atoms with van der Waals surface area (Å²) in [4.78, 5) is 15.2. The Morgan fingerprint density at radius 3 is 3.10 bits per heavy atom. The van der Waals surface area contributed by atoms with E-state index in [9.17, 15) is 4.79 Å². The van der Waals surface area contributed by atoms with E-state index in [4.69, 9.17) is 17.3 Å². The number of nitrogen functional groups attached to an aromatic ring is 1. The van der Waals surface area contributed by atoms with Crippen LogP contribution in [0.25, 0.3) is 10.1 Å². The highest BCUT2D eigenvalue weighted by molar-refractivity contribution is 7.21. The van der Waals surface area contributed by atoms with Crippen LogP contribution in [0.3, 0.4) is 0 Å². The largest absolute Gasteiger partial charge is 0.397 e. The standard InChI is InChI=1S/C15H18ClN3OS/c1-19-5-4-9(8-19)7-18-15(20)14-13(17)11-3-2-10(16)6-12(11)21-14/h2-3,6,9H,4-5,7-8,17H2,1H3,(H,18,20). The molecule has 6 heteroatoms. The SMILES string of the molecule is CN1CCC(CNC(=O)c2sc3cc(Cl)ccc3c2N)C1. The zero-order valence-corrected chi connectivity index (χ0v) is 13.4. The third-order valence-corrected chi connectivity index (χ3v) is 5.34. The number of hydrogen-bond donors (Lipinski definition) is 2. The fraction of sp³-hybridized carbons (Fsp3) is 0.400. The maximum atomic E-state index is 12.3. The summed E-state index contributed by atoms with van der Waals surface area (Å²) in [6, 6.07) is 5.51. The molecule has 3 N–H and O–H groups in total. The maximum Gasteiger partial charge on any atom is 0.263 e. The van der Waals surface area contributed by atoms with Gasteiger partial charge in [-0.3, -0.25) is 4.79 Å². The molecule has 1 aliphatic heterocycles. The molecular weight excluding hydrogens is 306 g/mol. The number of nitrogens with one attached hydrogen (secondary N) is 1. The molecular formula is C15H18ClN3OS. The number of anilines is 1. The molecule has 1 aromatic heterocycles. The van der Waals surface area contributed by atoms with Crippen molar-refractivity contribution in [1.82, 2.24) is 10.2 Å². The summed E-state index contributed by atoms with van der Waals surface area (Å²) in [5.41, 5.74) is 6.64. The number of hydrogen-bond acceptors (Lipinski definition) is 4. The molecule has 0 spiro atoms. The predicted molar refractivity (Wildman–Crippen MR) is 89.2 cm³/mol. The average Bonchev–Trinajstić information content (AvgIpc) is 3.00. The second kappa shape index (κ2) is 5.83. The normalized spacial score (nSPS) is 19.2. The fourth-order valence-corrected chi connectivity index (χ4v) is 4.08. The van der Waals surface area contributed by atoms with Crippen LogP contribution in [0, 0.1) is 5.92 Å². The Morgan fingerprint density at radius 2 is 2.38 bits per heavy atom. The van der Waals surface area contributed by atoms with Crippen LogP contribution in [0.2, 0.25) is 5.02 Å². The Labute approximate surface area is 132 Å². The zero-order chi connectivity index (χ0) is 15.0. The summed E-state index contributed by atoms with van der Waals surface area (Å²) in [6.45, 7) is 2.85. The Bertz CT molecular complexity index is 685. The molecule has 2 heterocycles. The summed E-state index contributed by atoms with van der Waals surface area (Å²) in [7, 11) is 2.11. The van der Waals surface area contributed by atoms with Gasteiger partial charge in [0.1, 0.15) is 4.88 Å². The van der Waals surface area contributed by atoms with Crippen molar-refractivity contribution in [1.29, 1.82) is 0 Å². The third-order valence-electron chi connectivity index (χ3n) is 3.94. The number of carbonyl (C=O) groups is 1. The van der Waals surface area contributed by atoms with Crippen LogP contribution in [-0.4, -0.2) is 37.5 Å². The van der Waals surface area contributed by atoms with Gasteiger partial charge in [-0.1, -0.05) is 11.6 Å². The molecule has 0 saturated carbocycles. The van der Waals surface area contributed by atoms with Gasteiger partial charge in [0, 0.05) is 28.2 Å². The van der Waals surface area contributed by atoms with Crippen molar-refractivity contribution in [3.05, 3.63) is 28.1 Å². The summed E-state index contributed by atoms with van der Waals surface area (Å²) >= 11 is 7.38. The van der Waals surface area contributed by atoms with Crippen LogP contribution in [0.5, 0.6) is 0 Å². The molecule has 1 aromatic carbocycles. The lowest BCUT2D eigenvalue weighted by atomic mass is 10.1. The van der Waals surface area contributed by atoms with Gasteiger partial charge in [-0.2, -0.15) is 0 Å². The maximum absolute atomic E-state index is 12.3. The van der Waals surface area contributed by atoms with Crippen molar-refractivity contribution in [3.8, 4) is 0 Å². The van der Waals surface area contributed by atoms with Crippen molar-refractivity contribution in [2.45, 2.75) is 6.42 Å². The van der Waals surface area contributed by atoms with E-state index in [2.05, 4.69) is 17.3 Å². The highest BCUT2D eigenvalue weighted by atomic mass is 35.5. The van der Waals surface area contributed by atoms with E-state index in [-0.39, 0.29) is 5.91 Å². The Kier molecular flexibility index (Phi) is 4.06.